The van der Waals surface area contributed by atoms with E-state index in [4.69, 9.17) is 0 Å². The number of fused-ring (bicyclic) bond motifs is 2. The fourth-order valence-electron chi connectivity index (χ4n) is 4.86. The van der Waals surface area contributed by atoms with Crippen LogP contribution in [0, 0.1) is 13.8 Å². The molecule has 9 heteroatoms. The predicted octanol–water partition coefficient (Wildman–Crippen LogP) is 4.77. The maximum absolute atomic E-state index is 14.0. The molecule has 3 aromatic carbocycles. The number of hydrogen-bond acceptors (Lipinski definition) is 6. The van der Waals surface area contributed by atoms with Crippen LogP contribution in [-0.4, -0.2) is 28.8 Å². The number of aromatic amines is 1. The van der Waals surface area contributed by atoms with Crippen LogP contribution >= 0.6 is 11.8 Å². The summed E-state index contributed by atoms with van der Waals surface area (Å²) in [6, 6.07) is 21.9. The SMILES string of the molecule is CS[C@H]([C@@H]1c2ccccc2N(c2ccc(C)cc2)c2[nH]c(=O)n(C)c(=O)c21)S(=O)(=O)c1ccc(C)cc1. The molecule has 0 unspecified atom stereocenters. The lowest BCUT2D eigenvalue weighted by molar-refractivity contribution is 0.586. The lowest BCUT2D eigenvalue weighted by Gasteiger charge is -2.39. The number of nitrogens with one attached hydrogen (secondary N) is 1. The van der Waals surface area contributed by atoms with E-state index in [0.717, 1.165) is 21.4 Å². The highest BCUT2D eigenvalue weighted by molar-refractivity contribution is 8.13. The molecule has 1 aromatic heterocycles. The number of aromatic nitrogens is 2. The van der Waals surface area contributed by atoms with E-state index in [1.165, 1.54) is 18.8 Å². The first-order valence-corrected chi connectivity index (χ1v) is 14.6. The highest BCUT2D eigenvalue weighted by Gasteiger charge is 2.44. The zero-order valence-electron chi connectivity index (χ0n) is 20.9. The maximum Gasteiger partial charge on any atom is 0.329 e. The number of sulfone groups is 1. The molecule has 0 saturated carbocycles. The minimum absolute atomic E-state index is 0.193. The molecule has 2 heterocycles. The number of nitrogens with zero attached hydrogens (tertiary/aromatic N) is 2. The molecule has 0 radical (unpaired) electrons. The normalized spacial score (nSPS) is 15.7. The fraction of sp³-hybridized carbons (Fsp3) is 0.214. The molecule has 1 aliphatic rings. The second-order valence-corrected chi connectivity index (χ2v) is 12.6. The van der Waals surface area contributed by atoms with Crippen LogP contribution in [0.2, 0.25) is 0 Å². The van der Waals surface area contributed by atoms with E-state index in [9.17, 15) is 18.0 Å². The molecule has 0 fully saturated rings. The quantitative estimate of drug-likeness (QED) is 0.397. The Hall–Kier alpha value is -3.56. The molecule has 5 rings (SSSR count). The summed E-state index contributed by atoms with van der Waals surface area (Å²) in [5, 5.41) is 0. The van der Waals surface area contributed by atoms with Gasteiger partial charge in [-0.25, -0.2) is 13.2 Å². The summed E-state index contributed by atoms with van der Waals surface area (Å²) in [7, 11) is -2.48. The van der Waals surface area contributed by atoms with Crippen molar-refractivity contribution in [2.45, 2.75) is 29.2 Å². The Morgan fingerprint density at radius 3 is 2.11 bits per heavy atom. The van der Waals surface area contributed by atoms with Gasteiger partial charge in [0.2, 0.25) is 0 Å². The molecule has 0 aliphatic carbocycles. The second kappa shape index (κ2) is 9.39. The van der Waals surface area contributed by atoms with Crippen LogP contribution in [0.15, 0.2) is 87.3 Å². The third-order valence-electron chi connectivity index (χ3n) is 6.82. The Labute approximate surface area is 219 Å². The number of aryl methyl sites for hydroxylation is 2. The zero-order chi connectivity index (χ0) is 26.5. The molecule has 190 valence electrons. The summed E-state index contributed by atoms with van der Waals surface area (Å²) >= 11 is 1.18. The number of benzene rings is 3. The third kappa shape index (κ3) is 4.12. The van der Waals surface area contributed by atoms with Gasteiger partial charge in [0.15, 0.2) is 9.84 Å². The second-order valence-electron chi connectivity index (χ2n) is 9.23. The first-order chi connectivity index (χ1) is 17.6. The first kappa shape index (κ1) is 25.1. The molecule has 4 aromatic rings. The van der Waals surface area contributed by atoms with Gasteiger partial charge < -0.3 is 0 Å². The van der Waals surface area contributed by atoms with E-state index < -0.39 is 31.6 Å². The van der Waals surface area contributed by atoms with E-state index >= 15 is 0 Å². The lowest BCUT2D eigenvalue weighted by Crippen LogP contribution is -2.43. The van der Waals surface area contributed by atoms with Crippen LogP contribution in [0.1, 0.15) is 28.2 Å². The van der Waals surface area contributed by atoms with Gasteiger partial charge in [-0.3, -0.25) is 19.2 Å². The van der Waals surface area contributed by atoms with Crippen molar-refractivity contribution in [2.24, 2.45) is 7.05 Å². The van der Waals surface area contributed by atoms with Gasteiger partial charge in [0.1, 0.15) is 10.4 Å². The molecule has 0 saturated heterocycles. The molecular weight excluding hydrogens is 506 g/mol. The molecular formula is C28H27N3O4S2. The molecule has 0 spiro atoms. The van der Waals surface area contributed by atoms with Gasteiger partial charge >= 0.3 is 5.69 Å². The molecule has 7 nitrogen and oxygen atoms in total. The maximum atomic E-state index is 14.0. The topological polar surface area (TPSA) is 92.2 Å². The highest BCUT2D eigenvalue weighted by atomic mass is 32.3. The Morgan fingerprint density at radius 2 is 1.49 bits per heavy atom. The van der Waals surface area contributed by atoms with Crippen molar-refractivity contribution < 1.29 is 8.42 Å². The number of thioether (sulfide) groups is 1. The summed E-state index contributed by atoms with van der Waals surface area (Å²) in [6.45, 7) is 3.88. The van der Waals surface area contributed by atoms with Crippen molar-refractivity contribution in [2.75, 3.05) is 11.2 Å². The van der Waals surface area contributed by atoms with Gasteiger partial charge in [0, 0.05) is 18.7 Å². The van der Waals surface area contributed by atoms with Crippen LogP contribution in [0.5, 0.6) is 0 Å². The van der Waals surface area contributed by atoms with Gasteiger partial charge in [-0.05, 0) is 56.0 Å². The lowest BCUT2D eigenvalue weighted by atomic mass is 9.87. The number of anilines is 3. The summed E-state index contributed by atoms with van der Waals surface area (Å²) < 4.78 is 28.1. The number of hydrogen-bond donors (Lipinski definition) is 1. The largest absolute Gasteiger partial charge is 0.329 e. The Kier molecular flexibility index (Phi) is 6.37. The van der Waals surface area contributed by atoms with E-state index in [1.54, 1.807) is 30.5 Å². The minimum Gasteiger partial charge on any atom is -0.296 e. The van der Waals surface area contributed by atoms with Gasteiger partial charge in [0.05, 0.1) is 16.1 Å². The summed E-state index contributed by atoms with van der Waals surface area (Å²) in [5.74, 6) is -0.524. The van der Waals surface area contributed by atoms with Gasteiger partial charge in [-0.15, -0.1) is 11.8 Å². The molecule has 37 heavy (non-hydrogen) atoms. The van der Waals surface area contributed by atoms with Crippen LogP contribution in [-0.2, 0) is 16.9 Å². The molecule has 1 aliphatic heterocycles. The fourth-order valence-corrected chi connectivity index (χ4v) is 8.19. The standard InChI is InChI=1S/C28H27N3O4S2/c1-17-9-13-19(14-10-17)31-22-8-6-5-7-21(22)23(24-25(31)29-28(33)30(3)26(24)32)27(36-4)37(34,35)20-15-11-18(2)12-16-20/h5-16,23,27H,1-4H3,(H,29,33)/t23-,27+/m1/s1. The Bertz CT molecular complexity index is 1710. The zero-order valence-corrected chi connectivity index (χ0v) is 22.6. The van der Waals surface area contributed by atoms with Crippen molar-refractivity contribution in [3.63, 3.8) is 0 Å². The molecule has 0 amide bonds. The van der Waals surface area contributed by atoms with Gasteiger partial charge in [-0.1, -0.05) is 53.6 Å². The summed E-state index contributed by atoms with van der Waals surface area (Å²) in [6.07, 6.45) is 1.74. The predicted molar refractivity (Wildman–Crippen MR) is 149 cm³/mol. The van der Waals surface area contributed by atoms with E-state index in [1.807, 2.05) is 67.3 Å². The van der Waals surface area contributed by atoms with Crippen molar-refractivity contribution in [1.29, 1.82) is 0 Å². The van der Waals surface area contributed by atoms with Crippen LogP contribution in [0.4, 0.5) is 17.2 Å². The molecule has 1 N–H and O–H groups in total. The van der Waals surface area contributed by atoms with Crippen molar-refractivity contribution in [3.8, 4) is 0 Å². The van der Waals surface area contributed by atoms with Crippen LogP contribution < -0.4 is 16.1 Å². The first-order valence-electron chi connectivity index (χ1n) is 11.8. The van der Waals surface area contributed by atoms with Crippen LogP contribution in [0.3, 0.4) is 0 Å². The highest BCUT2D eigenvalue weighted by Crippen LogP contribution is 2.51. The number of para-hydroxylation sites is 1. The molecule has 2 atom stereocenters. The average Bonchev–Trinajstić information content (AvgIpc) is 2.88. The Balaban J connectivity index is 1.83. The van der Waals surface area contributed by atoms with E-state index in [0.29, 0.717) is 17.1 Å². The van der Waals surface area contributed by atoms with Crippen molar-refractivity contribution in [3.05, 3.63) is 116 Å². The summed E-state index contributed by atoms with van der Waals surface area (Å²) in [5.41, 5.74) is 3.35. The monoisotopic (exact) mass is 533 g/mol. The Morgan fingerprint density at radius 1 is 0.892 bits per heavy atom. The number of H-pyrrole nitrogens is 1. The number of rotatable bonds is 5. The van der Waals surface area contributed by atoms with Crippen LogP contribution in [0.25, 0.3) is 0 Å². The third-order valence-corrected chi connectivity index (χ3v) is 10.7. The van der Waals surface area contributed by atoms with E-state index in [-0.39, 0.29) is 10.5 Å². The van der Waals surface area contributed by atoms with Crippen molar-refractivity contribution >= 4 is 38.8 Å². The van der Waals surface area contributed by atoms with Gasteiger partial charge in [0.25, 0.3) is 5.56 Å². The average molecular weight is 534 g/mol. The molecule has 0 bridgehead atoms. The van der Waals surface area contributed by atoms with E-state index in [2.05, 4.69) is 4.98 Å². The smallest absolute Gasteiger partial charge is 0.296 e. The van der Waals surface area contributed by atoms with Crippen molar-refractivity contribution in [1.82, 2.24) is 9.55 Å². The minimum atomic E-state index is -3.88. The summed E-state index contributed by atoms with van der Waals surface area (Å²) in [4.78, 5) is 31.4. The van der Waals surface area contributed by atoms with Gasteiger partial charge in [-0.2, -0.15) is 0 Å².